The van der Waals surface area contributed by atoms with Crippen molar-refractivity contribution in [1.82, 2.24) is 0 Å². The number of hydrogen-bond donors (Lipinski definition) is 1. The molecule has 0 spiro atoms. The van der Waals surface area contributed by atoms with Gasteiger partial charge in [0.2, 0.25) is 5.60 Å². The molecule has 2 fully saturated rings. The minimum Gasteiger partial charge on any atom is -0.462 e. The third kappa shape index (κ3) is 3.53. The van der Waals surface area contributed by atoms with Gasteiger partial charge in [-0.3, -0.25) is 4.79 Å². The zero-order valence-corrected chi connectivity index (χ0v) is 13.7. The molecule has 6 atom stereocenters. The Labute approximate surface area is 137 Å². The second kappa shape index (κ2) is 6.77. The summed E-state index contributed by atoms with van der Waals surface area (Å²) in [6.07, 6.45) is -8.75. The Morgan fingerprint density at radius 2 is 1.83 bits per heavy atom. The van der Waals surface area contributed by atoms with Crippen LogP contribution in [-0.4, -0.2) is 35.4 Å². The summed E-state index contributed by atoms with van der Waals surface area (Å²) in [5.41, 5.74) is -3.97. The van der Waals surface area contributed by atoms with E-state index in [2.05, 4.69) is 0 Å². The Balaban J connectivity index is 1.97. The van der Waals surface area contributed by atoms with Crippen molar-refractivity contribution in [2.45, 2.75) is 70.3 Å². The number of carbonyl (C=O) groups excluding carboxylic acids is 1. The quantitative estimate of drug-likeness (QED) is 0.578. The molecule has 24 heavy (non-hydrogen) atoms. The summed E-state index contributed by atoms with van der Waals surface area (Å²) < 4.78 is 69.5. The lowest BCUT2D eigenvalue weighted by Crippen LogP contribution is -2.53. The third-order valence-electron chi connectivity index (χ3n) is 5.65. The number of ether oxygens (including phenoxy) is 1. The highest BCUT2D eigenvalue weighted by Crippen LogP contribution is 2.54. The first-order valence-corrected chi connectivity index (χ1v) is 8.27. The van der Waals surface area contributed by atoms with Gasteiger partial charge in [-0.05, 0) is 49.9 Å². The first kappa shape index (κ1) is 19.4. The van der Waals surface area contributed by atoms with Gasteiger partial charge in [0.1, 0.15) is 6.10 Å². The zero-order valence-electron chi connectivity index (χ0n) is 13.7. The first-order chi connectivity index (χ1) is 11.0. The van der Waals surface area contributed by atoms with Crippen LogP contribution in [0.1, 0.15) is 46.0 Å². The molecule has 3 nitrogen and oxygen atoms in total. The molecule has 0 aromatic heterocycles. The van der Waals surface area contributed by atoms with Crippen molar-refractivity contribution in [3.63, 3.8) is 0 Å². The van der Waals surface area contributed by atoms with Gasteiger partial charge in [-0.15, -0.1) is 0 Å². The average molecular weight is 358 g/mol. The number of fused-ring (bicyclic) bond motifs is 2. The van der Waals surface area contributed by atoms with Crippen LogP contribution in [0, 0.1) is 23.7 Å². The summed E-state index contributed by atoms with van der Waals surface area (Å²) in [7, 11) is 0. The molecule has 0 heterocycles. The van der Waals surface area contributed by atoms with Crippen molar-refractivity contribution < 1.29 is 36.6 Å². The number of aliphatic hydroxyl groups is 1. The van der Waals surface area contributed by atoms with Crippen LogP contribution >= 0.6 is 0 Å². The van der Waals surface area contributed by atoms with E-state index in [1.165, 1.54) is 0 Å². The fourth-order valence-electron chi connectivity index (χ4n) is 3.90. The van der Waals surface area contributed by atoms with Crippen LogP contribution < -0.4 is 0 Å². The smallest absolute Gasteiger partial charge is 0.422 e. The number of rotatable bonds is 6. The molecule has 0 amide bonds. The molecular formula is C16H23F5O3. The molecule has 0 aromatic carbocycles. The highest BCUT2D eigenvalue weighted by atomic mass is 19.4. The first-order valence-electron chi connectivity index (χ1n) is 8.27. The lowest BCUT2D eigenvalue weighted by molar-refractivity contribution is -0.304. The molecule has 8 heteroatoms. The normalized spacial score (nSPS) is 33.5. The van der Waals surface area contributed by atoms with E-state index in [9.17, 15) is 31.9 Å². The van der Waals surface area contributed by atoms with Crippen LogP contribution in [0.4, 0.5) is 22.0 Å². The molecule has 0 saturated heterocycles. The topological polar surface area (TPSA) is 46.5 Å². The molecule has 2 aliphatic rings. The fraction of sp³-hybridized carbons (Fsp3) is 0.938. The number of alkyl halides is 5. The maximum absolute atomic E-state index is 12.8. The summed E-state index contributed by atoms with van der Waals surface area (Å²) in [5.74, 6) is -1.53. The van der Waals surface area contributed by atoms with Crippen molar-refractivity contribution in [2.75, 3.05) is 0 Å². The standard InChI is InChI=1S/C16H23F5O3/c1-3-8(2)13(22)24-12-6-9-4-10(12)5-11(9)7-15(23,14(17)18)16(19,20)21/h8-12,14,23H,3-7H2,1-2H3. The van der Waals surface area contributed by atoms with E-state index in [4.69, 9.17) is 4.74 Å². The molecule has 2 rings (SSSR count). The molecule has 1 N–H and O–H groups in total. The van der Waals surface area contributed by atoms with Crippen molar-refractivity contribution in [1.29, 1.82) is 0 Å². The van der Waals surface area contributed by atoms with Gasteiger partial charge in [-0.1, -0.05) is 13.8 Å². The molecule has 0 aromatic rings. The molecule has 2 aliphatic carbocycles. The largest absolute Gasteiger partial charge is 0.462 e. The maximum Gasteiger partial charge on any atom is 0.422 e. The van der Waals surface area contributed by atoms with Crippen molar-refractivity contribution >= 4 is 5.97 Å². The molecule has 2 bridgehead atoms. The van der Waals surface area contributed by atoms with E-state index in [1.54, 1.807) is 6.92 Å². The predicted octanol–water partition coefficient (Wildman–Crippen LogP) is 3.94. The zero-order chi connectivity index (χ0) is 18.3. The number of esters is 1. The Kier molecular flexibility index (Phi) is 5.47. The monoisotopic (exact) mass is 358 g/mol. The van der Waals surface area contributed by atoms with E-state index < -0.39 is 30.5 Å². The molecular weight excluding hydrogens is 335 g/mol. The van der Waals surface area contributed by atoms with Crippen LogP contribution in [0.3, 0.4) is 0 Å². The van der Waals surface area contributed by atoms with Crippen molar-refractivity contribution in [3.8, 4) is 0 Å². The summed E-state index contributed by atoms with van der Waals surface area (Å²) in [4.78, 5) is 11.8. The maximum atomic E-state index is 12.8. The van der Waals surface area contributed by atoms with Crippen molar-refractivity contribution in [3.05, 3.63) is 0 Å². The van der Waals surface area contributed by atoms with Gasteiger partial charge >= 0.3 is 12.1 Å². The van der Waals surface area contributed by atoms with E-state index in [0.29, 0.717) is 19.3 Å². The van der Waals surface area contributed by atoms with Crippen LogP contribution in [-0.2, 0) is 9.53 Å². The third-order valence-corrected chi connectivity index (χ3v) is 5.65. The molecule has 0 aliphatic heterocycles. The lowest BCUT2D eigenvalue weighted by Gasteiger charge is -2.35. The second-order valence-corrected chi connectivity index (χ2v) is 7.20. The van der Waals surface area contributed by atoms with E-state index in [-0.39, 0.29) is 36.2 Å². The van der Waals surface area contributed by atoms with Crippen molar-refractivity contribution in [2.24, 2.45) is 23.7 Å². The number of halogens is 5. The van der Waals surface area contributed by atoms with Gasteiger partial charge in [0, 0.05) is 0 Å². The predicted molar refractivity (Wildman–Crippen MR) is 75.3 cm³/mol. The molecule has 2 saturated carbocycles. The summed E-state index contributed by atoms with van der Waals surface area (Å²) >= 11 is 0. The minimum atomic E-state index is -5.37. The van der Waals surface area contributed by atoms with E-state index >= 15 is 0 Å². The number of carbonyl (C=O) groups is 1. The Morgan fingerprint density at radius 3 is 2.25 bits per heavy atom. The van der Waals surface area contributed by atoms with Gasteiger partial charge in [-0.2, -0.15) is 13.2 Å². The highest BCUT2D eigenvalue weighted by Gasteiger charge is 2.63. The second-order valence-electron chi connectivity index (χ2n) is 7.20. The molecule has 6 unspecified atom stereocenters. The van der Waals surface area contributed by atoms with Gasteiger partial charge < -0.3 is 9.84 Å². The lowest BCUT2D eigenvalue weighted by atomic mass is 9.79. The van der Waals surface area contributed by atoms with Crippen LogP contribution in [0.25, 0.3) is 0 Å². The summed E-state index contributed by atoms with van der Waals surface area (Å²) in [6.45, 7) is 3.59. The van der Waals surface area contributed by atoms with E-state index in [1.807, 2.05) is 6.92 Å². The average Bonchev–Trinajstić information content (AvgIpc) is 3.04. The number of hydrogen-bond acceptors (Lipinski definition) is 3. The highest BCUT2D eigenvalue weighted by molar-refractivity contribution is 5.72. The van der Waals surface area contributed by atoms with Crippen LogP contribution in [0.5, 0.6) is 0 Å². The van der Waals surface area contributed by atoms with Crippen LogP contribution in [0.2, 0.25) is 0 Å². The summed E-state index contributed by atoms with van der Waals surface area (Å²) in [5, 5.41) is 9.47. The van der Waals surface area contributed by atoms with Gasteiger partial charge in [0.25, 0.3) is 6.43 Å². The fourth-order valence-corrected chi connectivity index (χ4v) is 3.90. The summed E-state index contributed by atoms with van der Waals surface area (Å²) in [6, 6.07) is 0. The van der Waals surface area contributed by atoms with Gasteiger partial charge in [0.05, 0.1) is 5.92 Å². The van der Waals surface area contributed by atoms with E-state index in [0.717, 1.165) is 0 Å². The molecule has 0 radical (unpaired) electrons. The Hall–Kier alpha value is -0.920. The molecule has 140 valence electrons. The van der Waals surface area contributed by atoms with Gasteiger partial charge in [0.15, 0.2) is 0 Å². The van der Waals surface area contributed by atoms with Crippen LogP contribution in [0.15, 0.2) is 0 Å². The Bertz CT molecular complexity index is 467. The minimum absolute atomic E-state index is 0.108. The van der Waals surface area contributed by atoms with Gasteiger partial charge in [-0.25, -0.2) is 8.78 Å². The Morgan fingerprint density at radius 1 is 1.21 bits per heavy atom. The SMILES string of the molecule is CCC(C)C(=O)OC1CC2CC1CC2CC(O)(C(F)F)C(F)(F)F.